The lowest BCUT2D eigenvalue weighted by atomic mass is 9.84. The van der Waals surface area contributed by atoms with E-state index in [9.17, 15) is 4.79 Å². The average Bonchev–Trinajstić information content (AvgIpc) is 2.90. The Morgan fingerprint density at radius 1 is 1.03 bits per heavy atom. The summed E-state index contributed by atoms with van der Waals surface area (Å²) < 4.78 is 12.1. The molecule has 9 heteroatoms. The summed E-state index contributed by atoms with van der Waals surface area (Å²) in [5, 5.41) is 0. The first-order valence-corrected chi connectivity index (χ1v) is 12.3. The zero-order valence-corrected chi connectivity index (χ0v) is 20.4. The van der Waals surface area contributed by atoms with Gasteiger partial charge in [-0.3, -0.25) is 9.78 Å². The van der Waals surface area contributed by atoms with E-state index < -0.39 is 0 Å². The average molecular weight is 477 g/mol. The second-order valence-corrected chi connectivity index (χ2v) is 9.53. The van der Waals surface area contributed by atoms with Gasteiger partial charge in [-0.1, -0.05) is 0 Å². The van der Waals surface area contributed by atoms with Crippen molar-refractivity contribution in [2.24, 2.45) is 5.92 Å². The summed E-state index contributed by atoms with van der Waals surface area (Å²) in [7, 11) is 3.47. The number of amides is 1. The van der Waals surface area contributed by atoms with Crippen molar-refractivity contribution in [3.05, 3.63) is 48.3 Å². The third-order valence-electron chi connectivity index (χ3n) is 6.83. The van der Waals surface area contributed by atoms with E-state index in [4.69, 9.17) is 9.47 Å². The van der Waals surface area contributed by atoms with Crippen molar-refractivity contribution < 1.29 is 14.3 Å². The molecule has 0 unspecified atom stereocenters. The van der Waals surface area contributed by atoms with Crippen molar-refractivity contribution in [1.82, 2.24) is 24.8 Å². The number of fused-ring (bicyclic) bond motifs is 1. The van der Waals surface area contributed by atoms with Crippen LogP contribution in [0.5, 0.6) is 5.75 Å². The van der Waals surface area contributed by atoms with Gasteiger partial charge in [0.25, 0.3) is 5.91 Å². The normalized spacial score (nSPS) is 20.6. The largest absolute Gasteiger partial charge is 0.488 e. The van der Waals surface area contributed by atoms with Crippen LogP contribution in [0, 0.1) is 5.92 Å². The highest BCUT2D eigenvalue weighted by Gasteiger charge is 2.25. The summed E-state index contributed by atoms with van der Waals surface area (Å²) in [6, 6.07) is 6.03. The molecule has 1 aliphatic carbocycles. The predicted octanol–water partition coefficient (Wildman–Crippen LogP) is 3.14. The van der Waals surface area contributed by atoms with Gasteiger partial charge in [0.05, 0.1) is 24.8 Å². The van der Waals surface area contributed by atoms with Gasteiger partial charge in [-0.25, -0.2) is 15.0 Å². The molecular weight excluding hydrogens is 444 g/mol. The molecule has 5 rings (SSSR count). The quantitative estimate of drug-likeness (QED) is 0.536. The first kappa shape index (κ1) is 23.4. The third-order valence-corrected chi connectivity index (χ3v) is 6.83. The lowest BCUT2D eigenvalue weighted by Gasteiger charge is -2.31. The number of aromatic nitrogens is 4. The number of benzene rings is 1. The second-order valence-electron chi connectivity index (χ2n) is 9.53. The fraction of sp³-hybridized carbons (Fsp3) is 0.500. The van der Waals surface area contributed by atoms with E-state index in [2.05, 4.69) is 37.0 Å². The Bertz CT molecular complexity index is 1170. The number of hydrogen-bond donors (Lipinski definition) is 0. The molecule has 2 aliphatic rings. The number of ether oxygens (including phenoxy) is 2. The molecule has 2 fully saturated rings. The molecule has 1 aliphatic heterocycles. The molecular formula is C26H32N6O3. The predicted molar refractivity (Wildman–Crippen MR) is 133 cm³/mol. The third kappa shape index (κ3) is 5.51. The number of anilines is 1. The van der Waals surface area contributed by atoms with Crippen LogP contribution in [-0.2, 0) is 11.2 Å². The van der Waals surface area contributed by atoms with Gasteiger partial charge in [-0.15, -0.1) is 0 Å². The molecule has 0 spiro atoms. The molecule has 1 amide bonds. The van der Waals surface area contributed by atoms with Crippen molar-refractivity contribution in [1.29, 1.82) is 0 Å². The molecule has 3 heterocycles. The zero-order chi connectivity index (χ0) is 24.2. The first-order valence-electron chi connectivity index (χ1n) is 12.3. The molecule has 0 atom stereocenters. The first-order chi connectivity index (χ1) is 17.1. The van der Waals surface area contributed by atoms with E-state index in [-0.39, 0.29) is 12.0 Å². The molecule has 35 heavy (non-hydrogen) atoms. The van der Waals surface area contributed by atoms with Gasteiger partial charge in [-0.2, -0.15) is 0 Å². The van der Waals surface area contributed by atoms with Gasteiger partial charge in [0, 0.05) is 57.0 Å². The maximum absolute atomic E-state index is 12.2. The fourth-order valence-electron chi connectivity index (χ4n) is 4.91. The van der Waals surface area contributed by atoms with Crippen molar-refractivity contribution >= 4 is 22.6 Å². The Balaban J connectivity index is 1.24. The Labute approximate surface area is 205 Å². The molecule has 1 aromatic carbocycles. The molecule has 9 nitrogen and oxygen atoms in total. The highest BCUT2D eigenvalue weighted by atomic mass is 16.5. The van der Waals surface area contributed by atoms with Crippen molar-refractivity contribution in [3.8, 4) is 5.75 Å². The maximum Gasteiger partial charge on any atom is 0.272 e. The zero-order valence-electron chi connectivity index (χ0n) is 20.4. The van der Waals surface area contributed by atoms with Crippen LogP contribution in [-0.4, -0.2) is 77.2 Å². The van der Waals surface area contributed by atoms with Gasteiger partial charge in [0.15, 0.2) is 0 Å². The Kier molecular flexibility index (Phi) is 7.03. The molecule has 1 saturated carbocycles. The Hall–Kier alpha value is -3.33. The van der Waals surface area contributed by atoms with Crippen LogP contribution in [0.1, 0.15) is 41.9 Å². The van der Waals surface area contributed by atoms with Crippen molar-refractivity contribution in [3.63, 3.8) is 0 Å². The summed E-state index contributed by atoms with van der Waals surface area (Å²) in [6.45, 7) is 3.19. The number of carbonyl (C=O) groups is 1. The van der Waals surface area contributed by atoms with E-state index >= 15 is 0 Å². The summed E-state index contributed by atoms with van der Waals surface area (Å²) in [5.41, 5.74) is 4.15. The molecule has 1 saturated heterocycles. The summed E-state index contributed by atoms with van der Waals surface area (Å²) in [4.78, 5) is 33.7. The van der Waals surface area contributed by atoms with Crippen LogP contribution in [0.2, 0.25) is 0 Å². The van der Waals surface area contributed by atoms with E-state index in [0.717, 1.165) is 86.6 Å². The van der Waals surface area contributed by atoms with Crippen molar-refractivity contribution in [2.45, 2.75) is 38.2 Å². The number of morpholine rings is 1. The fourth-order valence-corrected chi connectivity index (χ4v) is 4.91. The Morgan fingerprint density at radius 3 is 2.57 bits per heavy atom. The van der Waals surface area contributed by atoms with E-state index in [0.29, 0.717) is 11.6 Å². The molecule has 184 valence electrons. The SMILES string of the molecule is CN(C)C(=O)c1cc(CC2CCC(Oc3cc(N4CCOCC4)cc4nccnc34)CC2)ncn1. The van der Waals surface area contributed by atoms with Gasteiger partial charge in [0.2, 0.25) is 0 Å². The highest BCUT2D eigenvalue weighted by Crippen LogP contribution is 2.34. The van der Waals surface area contributed by atoms with Gasteiger partial charge in [0.1, 0.15) is 23.3 Å². The minimum atomic E-state index is -0.0969. The van der Waals surface area contributed by atoms with E-state index in [1.807, 2.05) is 6.07 Å². The lowest BCUT2D eigenvalue weighted by Crippen LogP contribution is -2.36. The van der Waals surface area contributed by atoms with Crippen LogP contribution in [0.25, 0.3) is 11.0 Å². The molecule has 0 radical (unpaired) electrons. The van der Waals surface area contributed by atoms with Crippen LogP contribution in [0.4, 0.5) is 5.69 Å². The lowest BCUT2D eigenvalue weighted by molar-refractivity contribution is 0.0821. The van der Waals surface area contributed by atoms with Gasteiger partial charge < -0.3 is 19.3 Å². The number of rotatable bonds is 6. The summed E-state index contributed by atoms with van der Waals surface area (Å²) in [5.74, 6) is 1.23. The van der Waals surface area contributed by atoms with Crippen molar-refractivity contribution in [2.75, 3.05) is 45.3 Å². The van der Waals surface area contributed by atoms with Crippen LogP contribution < -0.4 is 9.64 Å². The standard InChI is InChI=1S/C26H32N6O3/c1-31(2)26(33)23-14-19(29-17-30-23)13-18-3-5-21(6-4-18)35-24-16-20(32-9-11-34-12-10-32)15-22-25(24)28-8-7-27-22/h7-8,14-18,21H,3-6,9-13H2,1-2H3. The number of nitrogens with zero attached hydrogens (tertiary/aromatic N) is 6. The van der Waals surface area contributed by atoms with E-state index in [1.54, 1.807) is 26.5 Å². The van der Waals surface area contributed by atoms with Gasteiger partial charge in [-0.05, 0) is 50.2 Å². The van der Waals surface area contributed by atoms with E-state index in [1.165, 1.54) is 11.2 Å². The molecule has 3 aromatic rings. The number of carbonyl (C=O) groups excluding carboxylic acids is 1. The minimum Gasteiger partial charge on any atom is -0.488 e. The van der Waals surface area contributed by atoms with Crippen LogP contribution in [0.3, 0.4) is 0 Å². The number of hydrogen-bond acceptors (Lipinski definition) is 8. The van der Waals surface area contributed by atoms with Gasteiger partial charge >= 0.3 is 0 Å². The maximum atomic E-state index is 12.2. The monoisotopic (exact) mass is 476 g/mol. The molecule has 0 bridgehead atoms. The second kappa shape index (κ2) is 10.5. The molecule has 2 aromatic heterocycles. The Morgan fingerprint density at radius 2 is 1.80 bits per heavy atom. The highest BCUT2D eigenvalue weighted by molar-refractivity contribution is 5.91. The van der Waals surface area contributed by atoms with Crippen LogP contribution in [0.15, 0.2) is 36.9 Å². The topological polar surface area (TPSA) is 93.6 Å². The molecule has 0 N–H and O–H groups in total. The smallest absolute Gasteiger partial charge is 0.272 e. The summed E-state index contributed by atoms with van der Waals surface area (Å²) >= 11 is 0. The minimum absolute atomic E-state index is 0.0969. The van der Waals surface area contributed by atoms with Crippen LogP contribution >= 0.6 is 0 Å². The summed E-state index contributed by atoms with van der Waals surface area (Å²) in [6.07, 6.45) is 10.00.